The summed E-state index contributed by atoms with van der Waals surface area (Å²) in [5.41, 5.74) is 1.80. The number of ether oxygens (including phenoxy) is 2. The van der Waals surface area contributed by atoms with Crippen LogP contribution in [-0.4, -0.2) is 68.6 Å². The maximum atomic E-state index is 13.4. The molecule has 2 fully saturated rings. The minimum absolute atomic E-state index is 0. The van der Waals surface area contributed by atoms with Crippen LogP contribution in [0, 0.1) is 5.41 Å². The lowest BCUT2D eigenvalue weighted by molar-refractivity contribution is -0.139. The van der Waals surface area contributed by atoms with E-state index >= 15 is 0 Å². The number of benzene rings is 2. The van der Waals surface area contributed by atoms with Gasteiger partial charge < -0.3 is 24.6 Å². The van der Waals surface area contributed by atoms with E-state index in [0.717, 1.165) is 68.7 Å². The summed E-state index contributed by atoms with van der Waals surface area (Å²) in [6.45, 7) is 4.05. The first-order valence-corrected chi connectivity index (χ1v) is 13.0. The second-order valence-electron chi connectivity index (χ2n) is 9.81. The fourth-order valence-electron chi connectivity index (χ4n) is 5.41. The van der Waals surface area contributed by atoms with Gasteiger partial charge in [-0.1, -0.05) is 41.9 Å². The van der Waals surface area contributed by atoms with Gasteiger partial charge in [0.05, 0.1) is 18.6 Å². The van der Waals surface area contributed by atoms with Crippen LogP contribution in [0.1, 0.15) is 42.9 Å². The topological polar surface area (TPSA) is 71.1 Å². The Morgan fingerprint density at radius 3 is 2.38 bits per heavy atom. The van der Waals surface area contributed by atoms with E-state index in [1.165, 1.54) is 7.11 Å². The first-order valence-electron chi connectivity index (χ1n) is 12.6. The summed E-state index contributed by atoms with van der Waals surface area (Å²) in [5.74, 6) is 0.956. The van der Waals surface area contributed by atoms with Gasteiger partial charge in [-0.3, -0.25) is 9.59 Å². The van der Waals surface area contributed by atoms with Gasteiger partial charge in [0.2, 0.25) is 11.8 Å². The largest absolute Gasteiger partial charge is 0.497 e. The van der Waals surface area contributed by atoms with Crippen molar-refractivity contribution in [2.75, 3.05) is 47.0 Å². The van der Waals surface area contributed by atoms with Crippen molar-refractivity contribution < 1.29 is 19.1 Å². The Balaban J connectivity index is 0.00000380. The molecule has 1 spiro atoms. The Morgan fingerprint density at radius 2 is 1.73 bits per heavy atom. The van der Waals surface area contributed by atoms with Crippen LogP contribution < -0.4 is 10.1 Å². The van der Waals surface area contributed by atoms with Crippen LogP contribution in [0.3, 0.4) is 0 Å². The molecular formula is C28H37Cl2N3O4. The van der Waals surface area contributed by atoms with E-state index in [9.17, 15) is 9.59 Å². The minimum Gasteiger partial charge on any atom is -0.497 e. The van der Waals surface area contributed by atoms with Crippen molar-refractivity contribution in [2.45, 2.75) is 38.3 Å². The summed E-state index contributed by atoms with van der Waals surface area (Å²) in [5, 5.41) is 3.71. The number of carbonyl (C=O) groups excluding carboxylic acids is 2. The molecule has 2 aromatic rings. The standard InChI is InChI=1S/C28H36ClN3O4.ClH/c1-35-20-26(33)30-25(23-5-3-4-6-24(23)29)11-15-31-16-12-28(13-17-31)14-18-32(27(28)34)19-21-7-9-22(36-2)10-8-21;/h3-10,25H,11-20H2,1-2H3,(H,30,33);1H. The number of nitrogens with zero attached hydrogens (tertiary/aromatic N) is 2. The van der Waals surface area contributed by atoms with Gasteiger partial charge in [0, 0.05) is 31.8 Å². The molecule has 0 radical (unpaired) electrons. The average Bonchev–Trinajstić information content (AvgIpc) is 3.18. The Morgan fingerprint density at radius 1 is 1.05 bits per heavy atom. The Kier molecular flexibility index (Phi) is 10.6. The fraction of sp³-hybridized carbons (Fsp3) is 0.500. The van der Waals surface area contributed by atoms with Crippen LogP contribution in [0.15, 0.2) is 48.5 Å². The lowest BCUT2D eigenvalue weighted by Crippen LogP contribution is -2.45. The molecule has 2 saturated heterocycles. The molecule has 2 aliphatic heterocycles. The monoisotopic (exact) mass is 549 g/mol. The molecular weight excluding hydrogens is 513 g/mol. The van der Waals surface area contributed by atoms with Crippen LogP contribution in [0.5, 0.6) is 5.75 Å². The summed E-state index contributed by atoms with van der Waals surface area (Å²) in [4.78, 5) is 30.1. The molecule has 9 heteroatoms. The smallest absolute Gasteiger partial charge is 0.246 e. The van der Waals surface area contributed by atoms with E-state index in [-0.39, 0.29) is 36.4 Å². The third-order valence-corrected chi connectivity index (χ3v) is 7.92. The van der Waals surface area contributed by atoms with Gasteiger partial charge >= 0.3 is 0 Å². The molecule has 0 bridgehead atoms. The molecule has 0 aliphatic carbocycles. The zero-order chi connectivity index (χ0) is 25.5. The van der Waals surface area contributed by atoms with E-state index in [2.05, 4.69) is 10.2 Å². The highest BCUT2D eigenvalue weighted by molar-refractivity contribution is 6.31. The molecule has 2 amide bonds. The maximum absolute atomic E-state index is 13.4. The average molecular weight is 551 g/mol. The van der Waals surface area contributed by atoms with Crippen molar-refractivity contribution in [1.82, 2.24) is 15.1 Å². The quantitative estimate of drug-likeness (QED) is 0.473. The van der Waals surface area contributed by atoms with E-state index in [1.807, 2.05) is 53.4 Å². The molecule has 2 aliphatic rings. The van der Waals surface area contributed by atoms with E-state index in [1.54, 1.807) is 7.11 Å². The Bertz CT molecular complexity index is 1040. The van der Waals surface area contributed by atoms with Crippen molar-refractivity contribution in [2.24, 2.45) is 5.41 Å². The zero-order valence-electron chi connectivity index (χ0n) is 21.6. The predicted molar refractivity (Wildman–Crippen MR) is 147 cm³/mol. The molecule has 7 nitrogen and oxygen atoms in total. The summed E-state index contributed by atoms with van der Waals surface area (Å²) in [7, 11) is 3.17. The molecule has 0 aromatic heterocycles. The highest BCUT2D eigenvalue weighted by Crippen LogP contribution is 2.42. The Hall–Kier alpha value is -2.32. The highest BCUT2D eigenvalue weighted by atomic mass is 35.5. The number of methoxy groups -OCH3 is 2. The molecule has 4 rings (SSSR count). The van der Waals surface area contributed by atoms with Gasteiger partial charge in [0.1, 0.15) is 12.4 Å². The molecule has 0 saturated carbocycles. The number of piperidine rings is 1. The second kappa shape index (κ2) is 13.5. The van der Waals surface area contributed by atoms with Crippen molar-refractivity contribution in [3.63, 3.8) is 0 Å². The van der Waals surface area contributed by atoms with Crippen LogP contribution >= 0.6 is 24.0 Å². The summed E-state index contributed by atoms with van der Waals surface area (Å²) >= 11 is 6.44. The predicted octanol–water partition coefficient (Wildman–Crippen LogP) is 4.48. The summed E-state index contributed by atoms with van der Waals surface area (Å²) in [6, 6.07) is 15.4. The van der Waals surface area contributed by atoms with Gasteiger partial charge in [-0.05, 0) is 68.1 Å². The van der Waals surface area contributed by atoms with E-state index in [4.69, 9.17) is 21.1 Å². The van der Waals surface area contributed by atoms with E-state index in [0.29, 0.717) is 17.5 Å². The number of hydrogen-bond donors (Lipinski definition) is 1. The number of nitrogens with one attached hydrogen (secondary N) is 1. The molecule has 1 unspecified atom stereocenters. The molecule has 2 aromatic carbocycles. The normalized spacial score (nSPS) is 17.9. The number of rotatable bonds is 10. The molecule has 202 valence electrons. The number of hydrogen-bond acceptors (Lipinski definition) is 5. The number of amides is 2. The second-order valence-corrected chi connectivity index (χ2v) is 10.2. The molecule has 1 N–H and O–H groups in total. The molecule has 37 heavy (non-hydrogen) atoms. The van der Waals surface area contributed by atoms with Crippen molar-refractivity contribution in [1.29, 1.82) is 0 Å². The lowest BCUT2D eigenvalue weighted by Gasteiger charge is -2.38. The first kappa shape index (κ1) is 29.2. The molecule has 2 heterocycles. The minimum atomic E-state index is -0.238. The zero-order valence-corrected chi connectivity index (χ0v) is 23.2. The molecule has 1 atom stereocenters. The van der Waals surface area contributed by atoms with Gasteiger partial charge in [-0.2, -0.15) is 0 Å². The van der Waals surface area contributed by atoms with Crippen LogP contribution in [-0.2, 0) is 20.9 Å². The third-order valence-electron chi connectivity index (χ3n) is 7.57. The summed E-state index contributed by atoms with van der Waals surface area (Å²) < 4.78 is 10.2. The number of halogens is 2. The first-order chi connectivity index (χ1) is 17.4. The fourth-order valence-corrected chi connectivity index (χ4v) is 5.67. The van der Waals surface area contributed by atoms with Crippen LogP contribution in [0.4, 0.5) is 0 Å². The maximum Gasteiger partial charge on any atom is 0.246 e. The van der Waals surface area contributed by atoms with Crippen LogP contribution in [0.25, 0.3) is 0 Å². The SMILES string of the molecule is COCC(=O)NC(CCN1CCC2(CC1)CCN(Cc1ccc(OC)cc1)C2=O)c1ccccc1Cl.Cl. The lowest BCUT2D eigenvalue weighted by atomic mass is 9.77. The highest BCUT2D eigenvalue weighted by Gasteiger charge is 2.47. The van der Waals surface area contributed by atoms with E-state index < -0.39 is 0 Å². The van der Waals surface area contributed by atoms with Gasteiger partial charge in [-0.25, -0.2) is 0 Å². The van der Waals surface area contributed by atoms with Gasteiger partial charge in [0.25, 0.3) is 0 Å². The number of carbonyl (C=O) groups is 2. The van der Waals surface area contributed by atoms with Crippen molar-refractivity contribution in [3.05, 3.63) is 64.7 Å². The van der Waals surface area contributed by atoms with Crippen molar-refractivity contribution in [3.8, 4) is 5.75 Å². The Labute approximate surface area is 230 Å². The number of likely N-dealkylation sites (tertiary alicyclic amines) is 2. The van der Waals surface area contributed by atoms with Crippen LogP contribution in [0.2, 0.25) is 5.02 Å². The van der Waals surface area contributed by atoms with Gasteiger partial charge in [0.15, 0.2) is 0 Å². The summed E-state index contributed by atoms with van der Waals surface area (Å²) in [6.07, 6.45) is 3.41. The van der Waals surface area contributed by atoms with Gasteiger partial charge in [-0.15, -0.1) is 12.4 Å². The van der Waals surface area contributed by atoms with Crippen molar-refractivity contribution >= 4 is 35.8 Å². The third kappa shape index (κ3) is 7.17.